The van der Waals surface area contributed by atoms with Crippen LogP contribution in [0.4, 0.5) is 0 Å². The van der Waals surface area contributed by atoms with E-state index < -0.39 is 12.1 Å². The number of nitrogens with zero attached hydrogens (tertiary/aromatic N) is 1. The molecule has 1 saturated heterocycles. The maximum absolute atomic E-state index is 11.5. The molecule has 0 aromatic carbocycles. The van der Waals surface area contributed by atoms with Crippen LogP contribution in [0.2, 0.25) is 0 Å². The van der Waals surface area contributed by atoms with E-state index in [0.717, 1.165) is 5.69 Å². The molecule has 3 N–H and O–H groups in total. The fourth-order valence-electron chi connectivity index (χ4n) is 1.50. The summed E-state index contributed by atoms with van der Waals surface area (Å²) in [6.07, 6.45) is 3.66. The SMILES string of the molecule is C[C@@H]1NC(=O)[C@H](Cc2c[nH]cn2)NC1=O. The molecule has 6 nitrogen and oxygen atoms in total. The van der Waals surface area contributed by atoms with Gasteiger partial charge in [-0.3, -0.25) is 9.59 Å². The summed E-state index contributed by atoms with van der Waals surface area (Å²) < 4.78 is 0. The van der Waals surface area contributed by atoms with Crippen molar-refractivity contribution < 1.29 is 9.59 Å². The number of nitrogens with one attached hydrogen (secondary N) is 3. The summed E-state index contributed by atoms with van der Waals surface area (Å²) >= 11 is 0. The Balaban J connectivity index is 2.03. The number of H-pyrrole nitrogens is 1. The molecule has 80 valence electrons. The van der Waals surface area contributed by atoms with Crippen LogP contribution < -0.4 is 10.6 Å². The lowest BCUT2D eigenvalue weighted by atomic mass is 10.1. The molecule has 2 heterocycles. The zero-order valence-corrected chi connectivity index (χ0v) is 8.28. The maximum atomic E-state index is 11.5. The summed E-state index contributed by atoms with van der Waals surface area (Å²) in [7, 11) is 0. The molecule has 6 heteroatoms. The molecule has 0 unspecified atom stereocenters. The van der Waals surface area contributed by atoms with Crippen molar-refractivity contribution in [2.24, 2.45) is 0 Å². The number of amides is 2. The molecule has 2 atom stereocenters. The van der Waals surface area contributed by atoms with Crippen LogP contribution in [0.25, 0.3) is 0 Å². The lowest BCUT2D eigenvalue weighted by molar-refractivity contribution is -0.136. The van der Waals surface area contributed by atoms with Gasteiger partial charge in [-0.1, -0.05) is 0 Å². The van der Waals surface area contributed by atoms with Gasteiger partial charge < -0.3 is 15.6 Å². The van der Waals surface area contributed by atoms with Gasteiger partial charge in [-0.25, -0.2) is 4.98 Å². The van der Waals surface area contributed by atoms with Gasteiger partial charge >= 0.3 is 0 Å². The third-order valence-corrected chi connectivity index (χ3v) is 2.35. The Morgan fingerprint density at radius 2 is 2.13 bits per heavy atom. The Labute approximate surface area is 86.5 Å². The molecule has 1 aromatic heterocycles. The van der Waals surface area contributed by atoms with Crippen LogP contribution in [0.3, 0.4) is 0 Å². The van der Waals surface area contributed by atoms with Crippen molar-refractivity contribution in [1.29, 1.82) is 0 Å². The van der Waals surface area contributed by atoms with Gasteiger partial charge in [0.25, 0.3) is 0 Å². The van der Waals surface area contributed by atoms with Crippen molar-refractivity contribution in [1.82, 2.24) is 20.6 Å². The second-order valence-electron chi connectivity index (χ2n) is 3.56. The molecule has 0 radical (unpaired) electrons. The molecule has 15 heavy (non-hydrogen) atoms. The van der Waals surface area contributed by atoms with Crippen LogP contribution in [0, 0.1) is 0 Å². The second-order valence-corrected chi connectivity index (χ2v) is 3.56. The predicted molar refractivity (Wildman–Crippen MR) is 51.8 cm³/mol. The molecule has 2 amide bonds. The quantitative estimate of drug-likeness (QED) is 0.580. The Morgan fingerprint density at radius 1 is 1.33 bits per heavy atom. The highest BCUT2D eigenvalue weighted by Crippen LogP contribution is 2.03. The molecule has 0 saturated carbocycles. The topological polar surface area (TPSA) is 86.9 Å². The van der Waals surface area contributed by atoms with Gasteiger partial charge in [-0.2, -0.15) is 0 Å². The average Bonchev–Trinajstić information content (AvgIpc) is 2.67. The minimum absolute atomic E-state index is 0.157. The van der Waals surface area contributed by atoms with Gasteiger partial charge in [0.1, 0.15) is 12.1 Å². The first-order valence-electron chi connectivity index (χ1n) is 4.75. The van der Waals surface area contributed by atoms with Gasteiger partial charge in [-0.05, 0) is 6.92 Å². The third-order valence-electron chi connectivity index (χ3n) is 2.35. The summed E-state index contributed by atoms with van der Waals surface area (Å²) in [5.74, 6) is -0.319. The van der Waals surface area contributed by atoms with E-state index in [1.54, 1.807) is 19.4 Å². The first kappa shape index (κ1) is 9.70. The number of hydrogen-bond donors (Lipinski definition) is 3. The number of hydrogen-bond acceptors (Lipinski definition) is 3. The zero-order chi connectivity index (χ0) is 10.8. The molecule has 0 spiro atoms. The average molecular weight is 208 g/mol. The summed E-state index contributed by atoms with van der Waals surface area (Å²) in [5.41, 5.74) is 0.755. The normalized spacial score (nSPS) is 25.9. The van der Waals surface area contributed by atoms with Crippen LogP contribution in [-0.2, 0) is 16.0 Å². The van der Waals surface area contributed by atoms with Gasteiger partial charge in [0.05, 0.1) is 12.0 Å². The van der Waals surface area contributed by atoms with Crippen molar-refractivity contribution in [2.75, 3.05) is 0 Å². The van der Waals surface area contributed by atoms with Crippen molar-refractivity contribution in [3.05, 3.63) is 18.2 Å². The van der Waals surface area contributed by atoms with Crippen molar-refractivity contribution in [3.63, 3.8) is 0 Å². The maximum Gasteiger partial charge on any atom is 0.243 e. The van der Waals surface area contributed by atoms with E-state index in [-0.39, 0.29) is 11.8 Å². The van der Waals surface area contributed by atoms with Gasteiger partial charge in [-0.15, -0.1) is 0 Å². The molecule has 0 bridgehead atoms. The number of carbonyl (C=O) groups is 2. The van der Waals surface area contributed by atoms with E-state index in [0.29, 0.717) is 6.42 Å². The highest BCUT2D eigenvalue weighted by Gasteiger charge is 2.31. The number of aromatic amines is 1. The Hall–Kier alpha value is -1.85. The largest absolute Gasteiger partial charge is 0.351 e. The molecule has 1 aromatic rings. The number of rotatable bonds is 2. The molecule has 2 rings (SSSR count). The molecule has 1 aliphatic heterocycles. The van der Waals surface area contributed by atoms with Gasteiger partial charge in [0, 0.05) is 12.6 Å². The predicted octanol–water partition coefficient (Wildman–Crippen LogP) is -1.04. The van der Waals surface area contributed by atoms with Crippen LogP contribution in [0.5, 0.6) is 0 Å². The summed E-state index contributed by atoms with van der Waals surface area (Å²) in [4.78, 5) is 29.6. The summed E-state index contributed by atoms with van der Waals surface area (Å²) in [5, 5.41) is 5.25. The van der Waals surface area contributed by atoms with Crippen molar-refractivity contribution in [2.45, 2.75) is 25.4 Å². The summed E-state index contributed by atoms with van der Waals surface area (Å²) in [6.45, 7) is 1.65. The number of imidazole rings is 1. The minimum atomic E-state index is -0.517. The van der Waals surface area contributed by atoms with E-state index in [4.69, 9.17) is 0 Å². The Kier molecular flexibility index (Phi) is 2.40. The highest BCUT2D eigenvalue weighted by molar-refractivity contribution is 5.96. The molecule has 1 fully saturated rings. The first-order valence-corrected chi connectivity index (χ1v) is 4.75. The molecular formula is C9H12N4O2. The number of carbonyl (C=O) groups excluding carboxylic acids is 2. The van der Waals surface area contributed by atoms with Crippen LogP contribution >= 0.6 is 0 Å². The summed E-state index contributed by atoms with van der Waals surface area (Å²) in [6, 6.07) is -0.968. The fraction of sp³-hybridized carbons (Fsp3) is 0.444. The van der Waals surface area contributed by atoms with E-state index in [2.05, 4.69) is 20.6 Å². The molecule has 0 aliphatic carbocycles. The lowest BCUT2D eigenvalue weighted by Crippen LogP contribution is -2.61. The molecular weight excluding hydrogens is 196 g/mol. The minimum Gasteiger partial charge on any atom is -0.351 e. The van der Waals surface area contributed by atoms with Crippen LogP contribution in [-0.4, -0.2) is 33.9 Å². The van der Waals surface area contributed by atoms with E-state index in [9.17, 15) is 9.59 Å². The van der Waals surface area contributed by atoms with Gasteiger partial charge in [0.15, 0.2) is 0 Å². The zero-order valence-electron chi connectivity index (χ0n) is 8.28. The second kappa shape index (κ2) is 3.72. The van der Waals surface area contributed by atoms with E-state index in [1.807, 2.05) is 0 Å². The third kappa shape index (κ3) is 1.98. The molecule has 1 aliphatic rings. The fourth-order valence-corrected chi connectivity index (χ4v) is 1.50. The standard InChI is InChI=1S/C9H12N4O2/c1-5-8(14)13-7(9(15)12-5)2-6-3-10-4-11-6/h3-5,7H,2H2,1H3,(H,10,11)(H,12,15)(H,13,14)/t5-,7-/m0/s1. The van der Waals surface area contributed by atoms with Crippen LogP contribution in [0.1, 0.15) is 12.6 Å². The van der Waals surface area contributed by atoms with Gasteiger partial charge in [0.2, 0.25) is 11.8 Å². The Morgan fingerprint density at radius 3 is 2.80 bits per heavy atom. The van der Waals surface area contributed by atoms with Crippen molar-refractivity contribution in [3.8, 4) is 0 Å². The highest BCUT2D eigenvalue weighted by atomic mass is 16.2. The number of aromatic nitrogens is 2. The first-order chi connectivity index (χ1) is 7.16. The lowest BCUT2D eigenvalue weighted by Gasteiger charge is -2.26. The smallest absolute Gasteiger partial charge is 0.243 e. The number of piperazine rings is 1. The Bertz CT molecular complexity index is 373. The van der Waals surface area contributed by atoms with Crippen molar-refractivity contribution >= 4 is 11.8 Å². The van der Waals surface area contributed by atoms with E-state index >= 15 is 0 Å². The monoisotopic (exact) mass is 208 g/mol. The van der Waals surface area contributed by atoms with E-state index in [1.165, 1.54) is 0 Å². The van der Waals surface area contributed by atoms with Crippen LogP contribution in [0.15, 0.2) is 12.5 Å².